The molecule has 3 aromatic carbocycles. The molecule has 0 bridgehead atoms. The second kappa shape index (κ2) is 12.2. The van der Waals surface area contributed by atoms with Gasteiger partial charge in [0.2, 0.25) is 0 Å². The van der Waals surface area contributed by atoms with E-state index in [1.165, 1.54) is 27.9 Å². The van der Waals surface area contributed by atoms with Crippen molar-refractivity contribution in [3.63, 3.8) is 0 Å². The number of hydrogen-bond acceptors (Lipinski definition) is 3. The lowest BCUT2D eigenvalue weighted by Gasteiger charge is -2.10. The van der Waals surface area contributed by atoms with Gasteiger partial charge in [-0.25, -0.2) is 4.57 Å². The Bertz CT molecular complexity index is 1160. The third-order valence-corrected chi connectivity index (χ3v) is 5.85. The quantitative estimate of drug-likeness (QED) is 0.334. The molecule has 2 N–H and O–H groups in total. The van der Waals surface area contributed by atoms with E-state index < -0.39 is 0 Å². The number of phenols is 1. The number of aryl methyl sites for hydroxylation is 2. The minimum Gasteiger partial charge on any atom is -1.00 e. The maximum Gasteiger partial charge on any atom is 0.173 e. The number of nitrogens with zero attached hydrogens (tertiary/aromatic N) is 2. The van der Waals surface area contributed by atoms with E-state index in [9.17, 15) is 5.11 Å². The Hall–Kier alpha value is -3.31. The van der Waals surface area contributed by atoms with Crippen LogP contribution in [0.3, 0.4) is 0 Å². The second-order valence-electron chi connectivity index (χ2n) is 8.66. The van der Waals surface area contributed by atoms with Crippen LogP contribution in [-0.4, -0.2) is 19.2 Å². The fraction of sp³-hybridized carbons (Fsp3) is 0.207. The number of pyridine rings is 1. The second-order valence-corrected chi connectivity index (χ2v) is 8.66. The Labute approximate surface area is 213 Å². The van der Waals surface area contributed by atoms with Crippen LogP contribution in [0.5, 0.6) is 5.75 Å². The highest BCUT2D eigenvalue weighted by Crippen LogP contribution is 2.17. The molecule has 0 amide bonds. The topological polar surface area (TPSA) is 39.4 Å². The van der Waals surface area contributed by atoms with Crippen LogP contribution in [0.15, 0.2) is 97.3 Å². The van der Waals surface area contributed by atoms with Gasteiger partial charge in [0.05, 0.1) is 0 Å². The molecule has 1 aromatic heterocycles. The van der Waals surface area contributed by atoms with Crippen LogP contribution in [-0.2, 0) is 25.9 Å². The summed E-state index contributed by atoms with van der Waals surface area (Å²) in [6, 6.07) is 29.2. The summed E-state index contributed by atoms with van der Waals surface area (Å²) in [7, 11) is 4.12. The van der Waals surface area contributed by atoms with Crippen LogP contribution in [0.4, 0.5) is 11.4 Å². The molecule has 0 saturated heterocycles. The molecular weight excluding hydrogens is 486 g/mol. The van der Waals surface area contributed by atoms with Gasteiger partial charge in [-0.1, -0.05) is 54.6 Å². The summed E-state index contributed by atoms with van der Waals surface area (Å²) in [4.78, 5) is 2.11. The average molecular weight is 518 g/mol. The maximum atomic E-state index is 9.56. The first-order valence-corrected chi connectivity index (χ1v) is 11.4. The highest BCUT2D eigenvalue weighted by molar-refractivity contribution is 5.48. The van der Waals surface area contributed by atoms with Gasteiger partial charge in [0.15, 0.2) is 18.9 Å². The van der Waals surface area contributed by atoms with E-state index in [0.717, 1.165) is 31.6 Å². The average Bonchev–Trinajstić information content (AvgIpc) is 2.83. The molecule has 34 heavy (non-hydrogen) atoms. The highest BCUT2D eigenvalue weighted by atomic mass is 79.9. The summed E-state index contributed by atoms with van der Waals surface area (Å²) in [5.74, 6) is 0.279. The zero-order chi connectivity index (χ0) is 23.0. The molecule has 0 aliphatic heterocycles. The number of nitrogens with one attached hydrogen (secondary N) is 1. The van der Waals surface area contributed by atoms with E-state index in [-0.39, 0.29) is 22.7 Å². The van der Waals surface area contributed by atoms with Gasteiger partial charge in [-0.15, -0.1) is 0 Å². The van der Waals surface area contributed by atoms with Gasteiger partial charge in [0, 0.05) is 55.8 Å². The molecule has 4 rings (SSSR count). The molecule has 1 heterocycles. The molecule has 4 nitrogen and oxygen atoms in total. The van der Waals surface area contributed by atoms with Crippen molar-refractivity contribution < 1.29 is 26.7 Å². The summed E-state index contributed by atoms with van der Waals surface area (Å²) in [5.41, 5.74) is 7.37. The molecule has 0 saturated carbocycles. The molecule has 0 fully saturated rings. The number of halogens is 1. The van der Waals surface area contributed by atoms with Crippen LogP contribution < -0.4 is 31.8 Å². The molecule has 176 valence electrons. The third-order valence-electron chi connectivity index (χ3n) is 5.85. The van der Waals surface area contributed by atoms with Crippen molar-refractivity contribution >= 4 is 11.4 Å². The Morgan fingerprint density at radius 2 is 1.29 bits per heavy atom. The van der Waals surface area contributed by atoms with E-state index in [1.54, 1.807) is 12.1 Å². The number of aromatic hydroxyl groups is 1. The first kappa shape index (κ1) is 25.3. The molecule has 0 spiro atoms. The Kier molecular flexibility index (Phi) is 9.11. The van der Waals surface area contributed by atoms with Gasteiger partial charge in [-0.2, -0.15) is 0 Å². The lowest BCUT2D eigenvalue weighted by atomic mass is 10.0. The van der Waals surface area contributed by atoms with Crippen molar-refractivity contribution in [1.29, 1.82) is 0 Å². The van der Waals surface area contributed by atoms with Crippen molar-refractivity contribution in [3.8, 4) is 5.75 Å². The lowest BCUT2D eigenvalue weighted by Crippen LogP contribution is -3.00. The van der Waals surface area contributed by atoms with Crippen molar-refractivity contribution in [2.45, 2.75) is 25.9 Å². The normalized spacial score (nSPS) is 10.4. The van der Waals surface area contributed by atoms with E-state index in [1.807, 2.05) is 12.1 Å². The SMILES string of the molecule is CN(C)c1cc[n+](Cc2ccc(CCc3ccc(CNc4cccc(O)c4)cc3)cc2)cc1.[Br-]. The number of benzene rings is 3. The van der Waals surface area contributed by atoms with Gasteiger partial charge >= 0.3 is 0 Å². The van der Waals surface area contributed by atoms with Crippen LogP contribution in [0.1, 0.15) is 22.3 Å². The van der Waals surface area contributed by atoms with Crippen molar-refractivity contribution in [3.05, 3.63) is 120 Å². The summed E-state index contributed by atoms with van der Waals surface area (Å²) in [5, 5.41) is 12.9. The van der Waals surface area contributed by atoms with Crippen molar-refractivity contribution in [2.75, 3.05) is 24.3 Å². The standard InChI is InChI=1S/C29H31N3O.BrH/c1-31(2)28-16-18-32(19-17-28)22-26-14-10-24(11-15-26)7-6-23-8-12-25(13-9-23)21-30-27-4-3-5-29(33)20-27;/h3-5,8-20,30H,6-7,21-22H2,1-2H3;1H. The largest absolute Gasteiger partial charge is 1.00 e. The molecule has 0 unspecified atom stereocenters. The fourth-order valence-corrected chi connectivity index (χ4v) is 3.81. The molecule has 4 aromatic rings. The number of anilines is 2. The van der Waals surface area contributed by atoms with Crippen molar-refractivity contribution in [1.82, 2.24) is 0 Å². The van der Waals surface area contributed by atoms with E-state index in [2.05, 4.69) is 102 Å². The van der Waals surface area contributed by atoms with Crippen LogP contribution in [0, 0.1) is 0 Å². The maximum absolute atomic E-state index is 9.56. The molecule has 0 aliphatic carbocycles. The van der Waals surface area contributed by atoms with Gasteiger partial charge in [-0.05, 0) is 41.7 Å². The van der Waals surface area contributed by atoms with Crippen LogP contribution in [0.2, 0.25) is 0 Å². The summed E-state index contributed by atoms with van der Waals surface area (Å²) >= 11 is 0. The minimum absolute atomic E-state index is 0. The number of phenolic OH excluding ortho intramolecular Hbond substituents is 1. The van der Waals surface area contributed by atoms with Gasteiger partial charge < -0.3 is 32.3 Å². The molecule has 5 heteroatoms. The summed E-state index contributed by atoms with van der Waals surface area (Å²) in [6.45, 7) is 1.62. The lowest BCUT2D eigenvalue weighted by molar-refractivity contribution is -0.688. The van der Waals surface area contributed by atoms with Crippen LogP contribution >= 0.6 is 0 Å². The number of aromatic nitrogens is 1. The Balaban J connectivity index is 0.00000324. The number of hydrogen-bond donors (Lipinski definition) is 2. The molecular formula is C29H32BrN3O. The third kappa shape index (κ3) is 7.35. The fourth-order valence-electron chi connectivity index (χ4n) is 3.81. The highest BCUT2D eigenvalue weighted by Gasteiger charge is 2.05. The molecule has 0 radical (unpaired) electrons. The van der Waals surface area contributed by atoms with Gasteiger partial charge in [0.1, 0.15) is 5.75 Å². The number of rotatable bonds is 9. The summed E-state index contributed by atoms with van der Waals surface area (Å²) in [6.07, 6.45) is 6.32. The zero-order valence-electron chi connectivity index (χ0n) is 19.8. The van der Waals surface area contributed by atoms with E-state index in [4.69, 9.17) is 0 Å². The monoisotopic (exact) mass is 517 g/mol. The molecule has 0 aliphatic rings. The van der Waals surface area contributed by atoms with Gasteiger partial charge in [-0.3, -0.25) is 0 Å². The predicted molar refractivity (Wildman–Crippen MR) is 136 cm³/mol. The van der Waals surface area contributed by atoms with E-state index in [0.29, 0.717) is 0 Å². The smallest absolute Gasteiger partial charge is 0.173 e. The first-order valence-electron chi connectivity index (χ1n) is 11.4. The van der Waals surface area contributed by atoms with E-state index >= 15 is 0 Å². The molecule has 0 atom stereocenters. The first-order chi connectivity index (χ1) is 16.0. The van der Waals surface area contributed by atoms with Crippen molar-refractivity contribution in [2.24, 2.45) is 0 Å². The summed E-state index contributed by atoms with van der Waals surface area (Å²) < 4.78 is 2.21. The Morgan fingerprint density at radius 3 is 1.85 bits per heavy atom. The minimum atomic E-state index is 0. The Morgan fingerprint density at radius 1 is 0.735 bits per heavy atom. The van der Waals surface area contributed by atoms with Gasteiger partial charge in [0.25, 0.3) is 0 Å². The van der Waals surface area contributed by atoms with Crippen LogP contribution in [0.25, 0.3) is 0 Å². The zero-order valence-corrected chi connectivity index (χ0v) is 21.4. The predicted octanol–water partition coefficient (Wildman–Crippen LogP) is 2.20.